The molecule has 0 spiro atoms. The molecule has 0 bridgehead atoms. The van der Waals surface area contributed by atoms with E-state index in [1.807, 2.05) is 24.3 Å². The number of halogens is 2. The van der Waals surface area contributed by atoms with Crippen molar-refractivity contribution in [2.45, 2.75) is 30.4 Å². The summed E-state index contributed by atoms with van der Waals surface area (Å²) in [5.74, 6) is 1.94. The Labute approximate surface area is 141 Å². The van der Waals surface area contributed by atoms with Gasteiger partial charge < -0.3 is 4.98 Å². The fourth-order valence-corrected chi connectivity index (χ4v) is 3.67. The van der Waals surface area contributed by atoms with Crippen molar-refractivity contribution in [1.82, 2.24) is 9.97 Å². The van der Waals surface area contributed by atoms with Gasteiger partial charge in [0, 0.05) is 10.6 Å². The summed E-state index contributed by atoms with van der Waals surface area (Å²) >= 11 is 16.6. The minimum atomic E-state index is 0.359. The zero-order valence-electron chi connectivity index (χ0n) is 11.1. The van der Waals surface area contributed by atoms with Crippen molar-refractivity contribution < 1.29 is 0 Å². The van der Waals surface area contributed by atoms with Crippen LogP contribution in [0.5, 0.6) is 0 Å². The summed E-state index contributed by atoms with van der Waals surface area (Å²) in [4.78, 5) is 8.81. The van der Waals surface area contributed by atoms with Crippen molar-refractivity contribution >= 4 is 51.5 Å². The Morgan fingerprint density at radius 1 is 1.40 bits per heavy atom. The van der Waals surface area contributed by atoms with Crippen LogP contribution in [0.4, 0.5) is 0 Å². The van der Waals surface area contributed by atoms with E-state index in [2.05, 4.69) is 39.7 Å². The molecule has 0 saturated heterocycles. The third-order valence-electron chi connectivity index (χ3n) is 2.72. The van der Waals surface area contributed by atoms with Gasteiger partial charge in [0.05, 0.1) is 15.2 Å². The molecule has 2 nitrogen and oxygen atoms in total. The highest BCUT2D eigenvalue weighted by Crippen LogP contribution is 2.30. The number of thioether (sulfide) groups is 1. The van der Waals surface area contributed by atoms with Crippen LogP contribution >= 0.6 is 51.5 Å². The highest BCUT2D eigenvalue weighted by Gasteiger charge is 2.10. The third-order valence-corrected chi connectivity index (χ3v) is 5.61. The lowest BCUT2D eigenvalue weighted by Crippen LogP contribution is -2.02. The molecule has 2 rings (SSSR count). The summed E-state index contributed by atoms with van der Waals surface area (Å²) < 4.78 is 1.48. The molecule has 6 heteroatoms. The fourth-order valence-electron chi connectivity index (χ4n) is 1.70. The summed E-state index contributed by atoms with van der Waals surface area (Å²) in [5.41, 5.74) is 1.08. The quantitative estimate of drug-likeness (QED) is 0.516. The molecule has 106 valence electrons. The summed E-state index contributed by atoms with van der Waals surface area (Å²) in [6, 6.07) is 7.80. The molecule has 0 atom stereocenters. The molecule has 1 aromatic carbocycles. The predicted octanol–water partition coefficient (Wildman–Crippen LogP) is 5.97. The second-order valence-electron chi connectivity index (χ2n) is 4.59. The SMILES string of the molecule is CC(C)c1[nH]c(CSc2ccccc2Cl)nc(=S)c1Br. The van der Waals surface area contributed by atoms with Crippen LogP contribution in [0.3, 0.4) is 0 Å². The van der Waals surface area contributed by atoms with Crippen LogP contribution in [0.1, 0.15) is 31.3 Å². The average Bonchev–Trinajstić information content (AvgIpc) is 2.41. The normalized spacial score (nSPS) is 11.1. The van der Waals surface area contributed by atoms with Gasteiger partial charge in [-0.3, -0.25) is 0 Å². The minimum absolute atomic E-state index is 0.359. The van der Waals surface area contributed by atoms with Crippen LogP contribution < -0.4 is 0 Å². The van der Waals surface area contributed by atoms with Gasteiger partial charge in [0.15, 0.2) is 0 Å². The molecule has 20 heavy (non-hydrogen) atoms. The number of benzene rings is 1. The molecule has 0 fully saturated rings. The van der Waals surface area contributed by atoms with Gasteiger partial charge in [-0.05, 0) is 34.0 Å². The molecule has 0 saturated carbocycles. The first-order valence-electron chi connectivity index (χ1n) is 6.15. The maximum absolute atomic E-state index is 6.15. The highest BCUT2D eigenvalue weighted by atomic mass is 79.9. The topological polar surface area (TPSA) is 28.7 Å². The van der Waals surface area contributed by atoms with Crippen LogP contribution in [0.25, 0.3) is 0 Å². The van der Waals surface area contributed by atoms with Gasteiger partial charge in [0.2, 0.25) is 0 Å². The molecule has 1 heterocycles. The van der Waals surface area contributed by atoms with Crippen LogP contribution in [-0.4, -0.2) is 9.97 Å². The largest absolute Gasteiger partial charge is 0.345 e. The first-order chi connectivity index (χ1) is 9.49. The molecule has 2 aromatic rings. The van der Waals surface area contributed by atoms with Crippen molar-refractivity contribution in [3.8, 4) is 0 Å². The number of rotatable bonds is 4. The maximum Gasteiger partial charge on any atom is 0.144 e. The lowest BCUT2D eigenvalue weighted by Gasteiger charge is -2.11. The second-order valence-corrected chi connectivity index (χ2v) is 7.19. The summed E-state index contributed by atoms with van der Waals surface area (Å²) in [6.07, 6.45) is 0. The Morgan fingerprint density at radius 3 is 2.75 bits per heavy atom. The molecule has 0 amide bonds. The van der Waals surface area contributed by atoms with Gasteiger partial charge in [0.1, 0.15) is 10.5 Å². The molecule has 0 aliphatic rings. The van der Waals surface area contributed by atoms with E-state index in [9.17, 15) is 0 Å². The summed E-state index contributed by atoms with van der Waals surface area (Å²) in [6.45, 7) is 4.24. The van der Waals surface area contributed by atoms with E-state index in [1.54, 1.807) is 11.8 Å². The molecule has 0 aliphatic carbocycles. The second kappa shape index (κ2) is 7.07. The van der Waals surface area contributed by atoms with E-state index in [1.165, 1.54) is 0 Å². The van der Waals surface area contributed by atoms with Gasteiger partial charge in [-0.15, -0.1) is 11.8 Å². The lowest BCUT2D eigenvalue weighted by molar-refractivity contribution is 0.788. The van der Waals surface area contributed by atoms with Gasteiger partial charge >= 0.3 is 0 Å². The smallest absolute Gasteiger partial charge is 0.144 e. The number of hydrogen-bond donors (Lipinski definition) is 1. The molecule has 1 N–H and O–H groups in total. The zero-order chi connectivity index (χ0) is 14.7. The summed E-state index contributed by atoms with van der Waals surface area (Å²) in [5, 5.41) is 0.761. The number of H-pyrrole nitrogens is 1. The number of hydrogen-bond acceptors (Lipinski definition) is 3. The molecule has 0 unspecified atom stereocenters. The lowest BCUT2D eigenvalue weighted by atomic mass is 10.1. The van der Waals surface area contributed by atoms with E-state index in [0.717, 1.165) is 25.9 Å². The molecule has 0 aliphatic heterocycles. The van der Waals surface area contributed by atoms with Crippen molar-refractivity contribution in [2.24, 2.45) is 0 Å². The van der Waals surface area contributed by atoms with Crippen molar-refractivity contribution in [3.05, 3.63) is 49.9 Å². The average molecular weight is 390 g/mol. The van der Waals surface area contributed by atoms with Crippen molar-refractivity contribution in [1.29, 1.82) is 0 Å². The molecule has 0 radical (unpaired) electrons. The van der Waals surface area contributed by atoms with Crippen LogP contribution in [0, 0.1) is 4.64 Å². The fraction of sp³-hybridized carbons (Fsp3) is 0.286. The van der Waals surface area contributed by atoms with Crippen molar-refractivity contribution in [3.63, 3.8) is 0 Å². The molecule has 1 aromatic heterocycles. The zero-order valence-corrected chi connectivity index (χ0v) is 15.1. The van der Waals surface area contributed by atoms with Crippen molar-refractivity contribution in [2.75, 3.05) is 0 Å². The molecular weight excluding hydrogens is 376 g/mol. The minimum Gasteiger partial charge on any atom is -0.345 e. The van der Waals surface area contributed by atoms with Crippen LogP contribution in [0.15, 0.2) is 33.6 Å². The monoisotopic (exact) mass is 388 g/mol. The van der Waals surface area contributed by atoms with E-state index in [-0.39, 0.29) is 0 Å². The van der Waals surface area contributed by atoms with E-state index < -0.39 is 0 Å². The van der Waals surface area contributed by atoms with Gasteiger partial charge in [0.25, 0.3) is 0 Å². The molecular formula is C14H14BrClN2S2. The van der Waals surface area contributed by atoms with E-state index in [4.69, 9.17) is 23.8 Å². The van der Waals surface area contributed by atoms with Crippen LogP contribution in [0.2, 0.25) is 5.02 Å². The Hall–Kier alpha value is -0.360. The maximum atomic E-state index is 6.15. The van der Waals surface area contributed by atoms with Gasteiger partial charge in [-0.1, -0.05) is 49.8 Å². The predicted molar refractivity (Wildman–Crippen MR) is 92.2 cm³/mol. The Morgan fingerprint density at radius 2 is 2.10 bits per heavy atom. The Bertz CT molecular complexity index is 670. The number of nitrogens with zero attached hydrogens (tertiary/aromatic N) is 1. The van der Waals surface area contributed by atoms with Crippen LogP contribution in [-0.2, 0) is 5.75 Å². The Kier molecular flexibility index (Phi) is 5.66. The van der Waals surface area contributed by atoms with Gasteiger partial charge in [-0.2, -0.15) is 0 Å². The number of aromatic amines is 1. The Balaban J connectivity index is 2.23. The number of nitrogens with one attached hydrogen (secondary N) is 1. The first kappa shape index (κ1) is 16.0. The van der Waals surface area contributed by atoms with E-state index in [0.29, 0.717) is 16.3 Å². The number of aromatic nitrogens is 2. The van der Waals surface area contributed by atoms with Gasteiger partial charge in [-0.25, -0.2) is 4.98 Å². The third kappa shape index (κ3) is 3.85. The first-order valence-corrected chi connectivity index (χ1v) is 8.71. The highest BCUT2D eigenvalue weighted by molar-refractivity contribution is 9.10. The summed E-state index contributed by atoms with van der Waals surface area (Å²) in [7, 11) is 0. The standard InChI is InChI=1S/C14H14BrClN2S2/c1-8(2)13-12(15)14(19)18-11(17-13)7-20-10-6-4-3-5-9(10)16/h3-6,8H,7H2,1-2H3,(H,17,18,19). The van der Waals surface area contributed by atoms with E-state index >= 15 is 0 Å².